The minimum absolute atomic E-state index is 0. The lowest BCUT2D eigenvalue weighted by Gasteiger charge is -2.48. The van der Waals surface area contributed by atoms with Gasteiger partial charge in [-0.05, 0) is 56.6 Å². The van der Waals surface area contributed by atoms with Crippen molar-refractivity contribution in [2.75, 3.05) is 39.8 Å². The molecule has 0 spiro atoms. The smallest absolute Gasteiger partial charge is 0.223 e. The summed E-state index contributed by atoms with van der Waals surface area (Å²) in [5.74, 6) is 2.25. The van der Waals surface area contributed by atoms with Gasteiger partial charge in [0.15, 0.2) is 5.96 Å². The Kier molecular flexibility index (Phi) is 10.1. The lowest BCUT2D eigenvalue weighted by Crippen LogP contribution is -2.56. The van der Waals surface area contributed by atoms with Crippen LogP contribution in [-0.4, -0.2) is 67.5 Å². The highest BCUT2D eigenvalue weighted by atomic mass is 127. The lowest BCUT2D eigenvalue weighted by molar-refractivity contribution is -0.127. The fourth-order valence-corrected chi connectivity index (χ4v) is 5.36. The number of piperidine rings is 2. The molecule has 0 aromatic heterocycles. The molecule has 0 radical (unpaired) electrons. The van der Waals surface area contributed by atoms with Crippen LogP contribution in [0.1, 0.15) is 50.5 Å². The number of aliphatic imine (C=N–C) groups is 1. The van der Waals surface area contributed by atoms with E-state index >= 15 is 0 Å². The van der Waals surface area contributed by atoms with E-state index in [4.69, 9.17) is 0 Å². The minimum Gasteiger partial charge on any atom is -0.356 e. The van der Waals surface area contributed by atoms with Crippen LogP contribution in [0.5, 0.6) is 0 Å². The van der Waals surface area contributed by atoms with Crippen LogP contribution >= 0.6 is 24.0 Å². The van der Waals surface area contributed by atoms with E-state index in [2.05, 4.69) is 55.8 Å². The number of benzene rings is 1. The second kappa shape index (κ2) is 12.8. The summed E-state index contributed by atoms with van der Waals surface area (Å²) in [7, 11) is 1.88. The van der Waals surface area contributed by atoms with Crippen LogP contribution in [0.15, 0.2) is 35.3 Å². The van der Waals surface area contributed by atoms with Crippen LogP contribution in [0, 0.1) is 11.8 Å². The molecule has 1 aliphatic carbocycles. The number of carbonyl (C=O) groups is 1. The van der Waals surface area contributed by atoms with E-state index < -0.39 is 0 Å². The third-order valence-corrected chi connectivity index (χ3v) is 7.33. The molecule has 3 aliphatic rings. The summed E-state index contributed by atoms with van der Waals surface area (Å²) in [6.07, 6.45) is 8.08. The molecular formula is C25H40IN5O. The summed E-state index contributed by atoms with van der Waals surface area (Å²) in [6.45, 7) is 6.04. The van der Waals surface area contributed by atoms with Gasteiger partial charge in [-0.25, -0.2) is 0 Å². The number of carbonyl (C=O) groups excluding carboxylic acids is 1. The van der Waals surface area contributed by atoms with Gasteiger partial charge in [0.2, 0.25) is 5.91 Å². The van der Waals surface area contributed by atoms with Crippen LogP contribution in [0.4, 0.5) is 0 Å². The Morgan fingerprint density at radius 1 is 1.03 bits per heavy atom. The first-order chi connectivity index (χ1) is 15.2. The molecule has 2 heterocycles. The molecule has 2 unspecified atom stereocenters. The Hall–Kier alpha value is -1.35. The molecule has 7 heteroatoms. The topological polar surface area (TPSA) is 60.0 Å². The maximum atomic E-state index is 11.9. The Balaban J connectivity index is 0.00000289. The molecule has 178 valence electrons. The maximum absolute atomic E-state index is 11.9. The van der Waals surface area contributed by atoms with Gasteiger partial charge in [-0.1, -0.05) is 36.8 Å². The van der Waals surface area contributed by atoms with Crippen molar-refractivity contribution in [3.8, 4) is 0 Å². The highest BCUT2D eigenvalue weighted by Crippen LogP contribution is 2.31. The quantitative estimate of drug-likeness (QED) is 0.235. The van der Waals surface area contributed by atoms with Gasteiger partial charge in [-0.15, -0.1) is 24.0 Å². The maximum Gasteiger partial charge on any atom is 0.223 e. The van der Waals surface area contributed by atoms with E-state index in [9.17, 15) is 4.79 Å². The van der Waals surface area contributed by atoms with E-state index in [-0.39, 0.29) is 35.8 Å². The average Bonchev–Trinajstić information content (AvgIpc) is 2.75. The Labute approximate surface area is 210 Å². The van der Waals surface area contributed by atoms with Crippen molar-refractivity contribution >= 4 is 35.8 Å². The molecule has 3 fully saturated rings. The molecule has 2 aliphatic heterocycles. The van der Waals surface area contributed by atoms with E-state index in [0.717, 1.165) is 57.9 Å². The van der Waals surface area contributed by atoms with Crippen LogP contribution < -0.4 is 10.6 Å². The van der Waals surface area contributed by atoms with E-state index in [1.807, 2.05) is 7.05 Å². The number of fused-ring (bicyclic) bond motifs is 1. The predicted octanol–water partition coefficient (Wildman–Crippen LogP) is 3.47. The zero-order chi connectivity index (χ0) is 21.5. The number of hydrogen-bond donors (Lipinski definition) is 2. The number of halogens is 1. The van der Waals surface area contributed by atoms with Crippen molar-refractivity contribution in [2.45, 2.75) is 57.5 Å². The van der Waals surface area contributed by atoms with Crippen LogP contribution in [0.2, 0.25) is 0 Å². The molecule has 1 saturated carbocycles. The van der Waals surface area contributed by atoms with Crippen LogP contribution in [-0.2, 0) is 11.3 Å². The minimum atomic E-state index is 0. The number of amides is 1. The summed E-state index contributed by atoms with van der Waals surface area (Å²) >= 11 is 0. The van der Waals surface area contributed by atoms with Gasteiger partial charge in [0, 0.05) is 51.7 Å². The monoisotopic (exact) mass is 553 g/mol. The number of likely N-dealkylation sites (tertiary alicyclic amines) is 2. The summed E-state index contributed by atoms with van der Waals surface area (Å²) in [4.78, 5) is 21.6. The first kappa shape index (κ1) is 25.3. The number of nitrogens with one attached hydrogen (secondary N) is 2. The zero-order valence-corrected chi connectivity index (χ0v) is 21.8. The van der Waals surface area contributed by atoms with E-state index in [1.54, 1.807) is 0 Å². The van der Waals surface area contributed by atoms with Gasteiger partial charge in [-0.3, -0.25) is 14.7 Å². The van der Waals surface area contributed by atoms with Crippen molar-refractivity contribution < 1.29 is 4.79 Å². The molecule has 1 aromatic carbocycles. The summed E-state index contributed by atoms with van der Waals surface area (Å²) in [5.41, 5.74) is 1.42. The van der Waals surface area contributed by atoms with Crippen molar-refractivity contribution in [3.05, 3.63) is 35.9 Å². The van der Waals surface area contributed by atoms with Gasteiger partial charge in [0.05, 0.1) is 0 Å². The van der Waals surface area contributed by atoms with Gasteiger partial charge in [0.1, 0.15) is 0 Å². The van der Waals surface area contributed by atoms with Crippen LogP contribution in [0.3, 0.4) is 0 Å². The fraction of sp³-hybridized carbons (Fsp3) is 0.680. The summed E-state index contributed by atoms with van der Waals surface area (Å²) < 4.78 is 0. The zero-order valence-electron chi connectivity index (χ0n) is 19.5. The fourth-order valence-electron chi connectivity index (χ4n) is 5.36. The number of nitrogens with zero attached hydrogens (tertiary/aromatic N) is 3. The van der Waals surface area contributed by atoms with Crippen LogP contribution in [0.25, 0.3) is 0 Å². The molecule has 2 N–H and O–H groups in total. The Bertz CT molecular complexity index is 739. The van der Waals surface area contributed by atoms with Crippen molar-refractivity contribution in [3.63, 3.8) is 0 Å². The van der Waals surface area contributed by atoms with Gasteiger partial charge < -0.3 is 15.5 Å². The third-order valence-electron chi connectivity index (χ3n) is 7.33. The lowest BCUT2D eigenvalue weighted by atomic mass is 9.83. The number of rotatable bonds is 7. The predicted molar refractivity (Wildman–Crippen MR) is 141 cm³/mol. The molecule has 2 atom stereocenters. The van der Waals surface area contributed by atoms with E-state index in [0.29, 0.717) is 12.0 Å². The summed E-state index contributed by atoms with van der Waals surface area (Å²) in [6, 6.07) is 11.6. The van der Waals surface area contributed by atoms with Crippen molar-refractivity contribution in [1.82, 2.24) is 20.4 Å². The molecule has 2 saturated heterocycles. The molecule has 1 amide bonds. The SMILES string of the molecule is CN=C(NCCCNC(=O)C1CCC1)N1CCC2C(CCCN2Cc2ccccc2)C1.I. The average molecular weight is 554 g/mol. The second-order valence-corrected chi connectivity index (χ2v) is 9.41. The molecule has 6 nitrogen and oxygen atoms in total. The molecule has 0 bridgehead atoms. The molecule has 32 heavy (non-hydrogen) atoms. The number of hydrogen-bond acceptors (Lipinski definition) is 3. The van der Waals surface area contributed by atoms with Gasteiger partial charge in [0.25, 0.3) is 0 Å². The molecular weight excluding hydrogens is 513 g/mol. The molecule has 4 rings (SSSR count). The first-order valence-electron chi connectivity index (χ1n) is 12.3. The normalized spacial score (nSPS) is 24.2. The third kappa shape index (κ3) is 6.59. The second-order valence-electron chi connectivity index (χ2n) is 9.41. The standard InChI is InChI=1S/C25H39N5O.HI/c1-26-25(28-15-7-14-27-24(31)21-10-5-11-21)30-17-13-23-22(19-30)12-6-16-29(23)18-20-8-3-2-4-9-20;/h2-4,8-9,21-23H,5-7,10-19H2,1H3,(H,26,28)(H,27,31);1H. The van der Waals surface area contributed by atoms with E-state index in [1.165, 1.54) is 37.8 Å². The van der Waals surface area contributed by atoms with Crippen molar-refractivity contribution in [1.29, 1.82) is 0 Å². The summed E-state index contributed by atoms with van der Waals surface area (Å²) in [5, 5.41) is 6.61. The Morgan fingerprint density at radius 2 is 1.81 bits per heavy atom. The first-order valence-corrected chi connectivity index (χ1v) is 12.3. The molecule has 1 aromatic rings. The van der Waals surface area contributed by atoms with Gasteiger partial charge >= 0.3 is 0 Å². The largest absolute Gasteiger partial charge is 0.356 e. The number of guanidine groups is 1. The van der Waals surface area contributed by atoms with Gasteiger partial charge in [-0.2, -0.15) is 0 Å². The Morgan fingerprint density at radius 3 is 2.53 bits per heavy atom. The highest BCUT2D eigenvalue weighted by molar-refractivity contribution is 14.0. The van der Waals surface area contributed by atoms with Crippen molar-refractivity contribution in [2.24, 2.45) is 16.8 Å². The highest BCUT2D eigenvalue weighted by Gasteiger charge is 2.36.